The third-order valence-electron chi connectivity index (χ3n) is 11.7. The van der Waals surface area contributed by atoms with Crippen LogP contribution in [0.5, 0.6) is 0 Å². The van der Waals surface area contributed by atoms with Crippen molar-refractivity contribution in [2.45, 2.75) is 48.5 Å². The van der Waals surface area contributed by atoms with Gasteiger partial charge in [-0.3, -0.25) is 19.1 Å². The number of fused-ring (bicyclic) bond motifs is 6. The van der Waals surface area contributed by atoms with E-state index >= 15 is 0 Å². The molecule has 0 saturated heterocycles. The Morgan fingerprint density at radius 3 is 0.867 bits per heavy atom. The molecule has 368 valence electrons. The first-order valence-electron chi connectivity index (χ1n) is 25.0. The molecule has 0 aliphatic heterocycles. The predicted octanol–water partition coefficient (Wildman–Crippen LogP) is 14.2. The minimum Gasteiger partial charge on any atom is -0.278 e. The smallest absolute Gasteiger partial charge is 0.239 e. The van der Waals surface area contributed by atoms with E-state index in [4.69, 9.17) is 15.0 Å². The highest BCUT2D eigenvalue weighted by Crippen LogP contribution is 2.33. The average Bonchev–Trinajstić information content (AvgIpc) is 4.01. The normalized spacial score (nSPS) is 10.6. The van der Waals surface area contributed by atoms with E-state index in [0.717, 1.165) is 50.1 Å². The van der Waals surface area contributed by atoms with Crippen LogP contribution in [0.3, 0.4) is 0 Å². The first-order chi connectivity index (χ1) is 36.9. The van der Waals surface area contributed by atoms with Crippen molar-refractivity contribution in [1.82, 2.24) is 64.0 Å². The van der Waals surface area contributed by atoms with Gasteiger partial charge in [0.15, 0.2) is 23.3 Å². The van der Waals surface area contributed by atoms with Crippen LogP contribution in [-0.4, -0.2) is 64.0 Å². The van der Waals surface area contributed by atoms with Crippen LogP contribution in [0.15, 0.2) is 207 Å². The molecular formula is C62H55N13. The minimum atomic E-state index is 0.622. The maximum absolute atomic E-state index is 5.02. The Morgan fingerprint density at radius 2 is 0.547 bits per heavy atom. The lowest BCUT2D eigenvalue weighted by Gasteiger charge is -2.11. The third-order valence-corrected chi connectivity index (χ3v) is 11.7. The quantitative estimate of drug-likeness (QED) is 0.156. The van der Waals surface area contributed by atoms with Gasteiger partial charge in [0.1, 0.15) is 17.5 Å². The fraction of sp³-hybridized carbons (Fsp3) is 0.113. The maximum Gasteiger partial charge on any atom is 0.239 e. The molecule has 0 unspecified atom stereocenters. The van der Waals surface area contributed by atoms with E-state index in [9.17, 15) is 0 Å². The number of benzene rings is 6. The number of hydrogen-bond donors (Lipinski definition) is 0. The summed E-state index contributed by atoms with van der Waals surface area (Å²) >= 11 is 0. The van der Waals surface area contributed by atoms with Gasteiger partial charge in [-0.25, -0.2) is 29.9 Å². The highest BCUT2D eigenvalue weighted by molar-refractivity contribution is 6.10. The van der Waals surface area contributed by atoms with Crippen molar-refractivity contribution in [3.05, 3.63) is 224 Å². The first kappa shape index (κ1) is 50.2. The molecule has 6 aromatic carbocycles. The predicted molar refractivity (Wildman–Crippen MR) is 302 cm³/mol. The summed E-state index contributed by atoms with van der Waals surface area (Å²) in [5.41, 5.74) is 8.08. The molecule has 0 saturated carbocycles. The number of rotatable bonds is 6. The summed E-state index contributed by atoms with van der Waals surface area (Å²) in [6, 6.07) is 61.1. The largest absolute Gasteiger partial charge is 0.278 e. The molecule has 0 aliphatic carbocycles. The third kappa shape index (κ3) is 11.0. The Bertz CT molecular complexity index is 3500. The summed E-state index contributed by atoms with van der Waals surface area (Å²) in [6.45, 7) is 13.7. The molecule has 0 spiro atoms. The molecule has 13 heteroatoms. The van der Waals surface area contributed by atoms with E-state index in [2.05, 4.69) is 146 Å². The first-order valence-corrected chi connectivity index (χ1v) is 25.0. The van der Waals surface area contributed by atoms with Gasteiger partial charge in [-0.2, -0.15) is 15.0 Å². The summed E-state index contributed by atoms with van der Waals surface area (Å²) in [5, 5.41) is 4.74. The molecule has 75 heavy (non-hydrogen) atoms. The Labute approximate surface area is 435 Å². The van der Waals surface area contributed by atoms with Gasteiger partial charge in [-0.1, -0.05) is 161 Å². The number of aryl methyl sites for hydroxylation is 3. The molecule has 13 aromatic rings. The average molecular weight is 982 g/mol. The molecule has 13 nitrogen and oxygen atoms in total. The second-order valence-corrected chi connectivity index (χ2v) is 16.5. The fourth-order valence-corrected chi connectivity index (χ4v) is 8.57. The molecule has 0 aliphatic rings. The van der Waals surface area contributed by atoms with E-state index < -0.39 is 0 Å². The van der Waals surface area contributed by atoms with E-state index in [1.54, 1.807) is 24.8 Å². The van der Waals surface area contributed by atoms with E-state index in [0.29, 0.717) is 46.8 Å². The maximum atomic E-state index is 5.02. The van der Waals surface area contributed by atoms with Gasteiger partial charge in [-0.15, -0.1) is 0 Å². The summed E-state index contributed by atoms with van der Waals surface area (Å²) in [4.78, 5) is 49.3. The highest BCUT2D eigenvalue weighted by Gasteiger charge is 2.19. The summed E-state index contributed by atoms with van der Waals surface area (Å²) in [6.07, 6.45) is 6.92. The molecule has 7 heterocycles. The van der Waals surface area contributed by atoms with Crippen LogP contribution in [0.2, 0.25) is 0 Å². The number of nitrogens with zero attached hydrogens (tertiary/aromatic N) is 13. The second-order valence-electron chi connectivity index (χ2n) is 16.5. The van der Waals surface area contributed by atoms with Crippen LogP contribution in [0.4, 0.5) is 0 Å². The van der Waals surface area contributed by atoms with Crippen molar-refractivity contribution < 1.29 is 0 Å². The number of hydrogen-bond acceptors (Lipinski definition) is 11. The Kier molecular flexibility index (Phi) is 15.8. The van der Waals surface area contributed by atoms with Crippen LogP contribution < -0.4 is 0 Å². The summed E-state index contributed by atoms with van der Waals surface area (Å²) in [5.74, 6) is 6.01. The van der Waals surface area contributed by atoms with Crippen molar-refractivity contribution in [3.8, 4) is 57.4 Å². The Morgan fingerprint density at radius 1 is 0.267 bits per heavy atom. The molecule has 0 radical (unpaired) electrons. The fourth-order valence-electron chi connectivity index (χ4n) is 8.57. The molecule has 0 amide bonds. The molecular weight excluding hydrogens is 927 g/mol. The lowest BCUT2D eigenvalue weighted by molar-refractivity contribution is 0.855. The zero-order chi connectivity index (χ0) is 52.1. The van der Waals surface area contributed by atoms with Crippen molar-refractivity contribution >= 4 is 43.6 Å². The topological polar surface area (TPSA) is 152 Å². The van der Waals surface area contributed by atoms with Crippen LogP contribution in [-0.2, 0) is 0 Å². The van der Waals surface area contributed by atoms with Gasteiger partial charge in [-0.05, 0) is 69.3 Å². The number of para-hydroxylation sites is 4. The van der Waals surface area contributed by atoms with Crippen molar-refractivity contribution in [2.75, 3.05) is 0 Å². The van der Waals surface area contributed by atoms with E-state index in [1.165, 1.54) is 21.5 Å². The monoisotopic (exact) mass is 981 g/mol. The summed E-state index contributed by atoms with van der Waals surface area (Å²) < 4.78 is 4.27. The second kappa shape index (κ2) is 23.7. The van der Waals surface area contributed by atoms with E-state index in [-0.39, 0.29) is 0 Å². The van der Waals surface area contributed by atoms with Gasteiger partial charge in [0, 0.05) is 68.6 Å². The molecule has 0 atom stereocenters. The Hall–Kier alpha value is -9.75. The van der Waals surface area contributed by atoms with Gasteiger partial charge in [0.05, 0.1) is 22.1 Å². The standard InChI is InChI=1S/C28H19N5.C16H13N3.C14H11N5.2C2H6/c1-18-29-27(32-23-14-6-2-10-19(23)20-11-3-7-15-24(20)32)31-28(30-18)33-25-16-8-4-12-21(25)22-13-5-9-17-26(22)33;1-12-17-15(13-8-4-2-5-9-13)19-16(18-12)14-10-6-3-7-11-14;1-10-17-13(11-4-2-6-15-8-11)19-14(18-10)12-5-3-7-16-9-12;2*1-2/h2-17H,1H3;2-11H,1H3;2-9H,1H3;2*1-2H3. The lowest BCUT2D eigenvalue weighted by Crippen LogP contribution is -2.10. The molecule has 7 aromatic heterocycles. The summed E-state index contributed by atoms with van der Waals surface area (Å²) in [7, 11) is 0. The molecule has 0 N–H and O–H groups in total. The molecule has 0 fully saturated rings. The zero-order valence-corrected chi connectivity index (χ0v) is 42.9. The van der Waals surface area contributed by atoms with Crippen LogP contribution in [0.25, 0.3) is 101 Å². The number of aromatic nitrogens is 13. The minimum absolute atomic E-state index is 0.622. The lowest BCUT2D eigenvalue weighted by atomic mass is 10.2. The van der Waals surface area contributed by atoms with Crippen molar-refractivity contribution in [1.29, 1.82) is 0 Å². The van der Waals surface area contributed by atoms with Crippen LogP contribution in [0, 0.1) is 20.8 Å². The van der Waals surface area contributed by atoms with Crippen molar-refractivity contribution in [2.24, 2.45) is 0 Å². The zero-order valence-electron chi connectivity index (χ0n) is 42.9. The van der Waals surface area contributed by atoms with Crippen LogP contribution in [0.1, 0.15) is 45.2 Å². The van der Waals surface area contributed by atoms with Gasteiger partial charge in [0.2, 0.25) is 11.9 Å². The van der Waals surface area contributed by atoms with Crippen LogP contribution >= 0.6 is 0 Å². The van der Waals surface area contributed by atoms with Gasteiger partial charge < -0.3 is 0 Å². The van der Waals surface area contributed by atoms with Gasteiger partial charge in [0.25, 0.3) is 0 Å². The van der Waals surface area contributed by atoms with Gasteiger partial charge >= 0.3 is 0 Å². The highest BCUT2D eigenvalue weighted by atomic mass is 15.3. The SMILES string of the molecule is CC.CC.Cc1nc(-c2ccccc2)nc(-c2ccccc2)n1.Cc1nc(-c2cccnc2)nc(-c2cccnc2)n1.Cc1nc(-n2c3ccccc3c3ccccc32)nc(-n2c3ccccc3c3ccccc32)n1. The number of pyridine rings is 2. The van der Waals surface area contributed by atoms with E-state index in [1.807, 2.05) is 133 Å². The molecule has 0 bridgehead atoms. The van der Waals surface area contributed by atoms with Crippen molar-refractivity contribution in [3.63, 3.8) is 0 Å². The molecule has 13 rings (SSSR count). The Balaban J connectivity index is 0.000000142.